The molecule has 0 radical (unpaired) electrons. The van der Waals surface area contributed by atoms with Crippen LogP contribution in [-0.2, 0) is 14.8 Å². The lowest BCUT2D eigenvalue weighted by Crippen LogP contribution is -2.34. The van der Waals surface area contributed by atoms with Crippen LogP contribution < -0.4 is 20.1 Å². The molecule has 0 aliphatic heterocycles. The van der Waals surface area contributed by atoms with E-state index < -0.39 is 10.0 Å². The smallest absolute Gasteiger partial charge is 0.261 e. The number of hydrogen-bond acceptors (Lipinski definition) is 6. The lowest BCUT2D eigenvalue weighted by Gasteiger charge is -2.13. The Kier molecular flexibility index (Phi) is 9.40. The summed E-state index contributed by atoms with van der Waals surface area (Å²) in [5.41, 5.74) is 3.35. The van der Waals surface area contributed by atoms with E-state index in [0.29, 0.717) is 42.5 Å². The summed E-state index contributed by atoms with van der Waals surface area (Å²) in [7, 11) is -3.76. The molecule has 190 valence electrons. The SMILES string of the molecule is CCOCCOc1ccc(C(=O)NC(=S)Nc2ccc(S(=O)(=O)Nc3ccc(C)cc3C)cc2)cc1. The molecule has 0 bridgehead atoms. The van der Waals surface area contributed by atoms with Crippen LogP contribution in [0.2, 0.25) is 0 Å². The normalized spacial score (nSPS) is 11.0. The van der Waals surface area contributed by atoms with Crippen LogP contribution in [0.4, 0.5) is 11.4 Å². The zero-order chi connectivity index (χ0) is 26.1. The Labute approximate surface area is 217 Å². The highest BCUT2D eigenvalue weighted by atomic mass is 32.2. The van der Waals surface area contributed by atoms with Gasteiger partial charge in [0.2, 0.25) is 0 Å². The highest BCUT2D eigenvalue weighted by Gasteiger charge is 2.16. The number of aryl methyl sites for hydroxylation is 2. The molecule has 0 atom stereocenters. The molecule has 0 aliphatic rings. The summed E-state index contributed by atoms with van der Waals surface area (Å²) in [6, 6.07) is 18.2. The quantitative estimate of drug-likeness (QED) is 0.260. The van der Waals surface area contributed by atoms with Gasteiger partial charge in [-0.3, -0.25) is 14.8 Å². The first-order valence-corrected chi connectivity index (χ1v) is 13.2. The molecule has 3 rings (SSSR count). The Morgan fingerprint density at radius 2 is 1.64 bits per heavy atom. The van der Waals surface area contributed by atoms with E-state index in [9.17, 15) is 13.2 Å². The summed E-state index contributed by atoms with van der Waals surface area (Å²) >= 11 is 5.23. The van der Waals surface area contributed by atoms with Crippen molar-refractivity contribution < 1.29 is 22.7 Å². The first kappa shape index (κ1) is 27.1. The largest absolute Gasteiger partial charge is 0.491 e. The predicted octanol–water partition coefficient (Wildman–Crippen LogP) is 4.65. The lowest BCUT2D eigenvalue weighted by atomic mass is 10.1. The van der Waals surface area contributed by atoms with Gasteiger partial charge in [0, 0.05) is 17.9 Å². The number of ether oxygens (including phenoxy) is 2. The summed E-state index contributed by atoms with van der Waals surface area (Å²) in [6.45, 7) is 7.26. The third-order valence-electron chi connectivity index (χ3n) is 5.09. The summed E-state index contributed by atoms with van der Waals surface area (Å²) in [4.78, 5) is 12.6. The van der Waals surface area contributed by atoms with Gasteiger partial charge in [0.1, 0.15) is 12.4 Å². The molecule has 0 aliphatic carbocycles. The number of anilines is 2. The van der Waals surface area contributed by atoms with Crippen molar-refractivity contribution in [2.75, 3.05) is 29.9 Å². The van der Waals surface area contributed by atoms with E-state index >= 15 is 0 Å². The molecule has 3 N–H and O–H groups in total. The van der Waals surface area contributed by atoms with Gasteiger partial charge in [0.15, 0.2) is 5.11 Å². The van der Waals surface area contributed by atoms with Crippen molar-refractivity contribution in [1.29, 1.82) is 0 Å². The van der Waals surface area contributed by atoms with Gasteiger partial charge in [-0.25, -0.2) is 8.42 Å². The summed E-state index contributed by atoms with van der Waals surface area (Å²) in [5.74, 6) is 0.249. The van der Waals surface area contributed by atoms with E-state index in [2.05, 4.69) is 15.4 Å². The minimum absolute atomic E-state index is 0.0843. The van der Waals surface area contributed by atoms with E-state index in [-0.39, 0.29) is 15.9 Å². The molecule has 0 unspecified atom stereocenters. The molecule has 10 heteroatoms. The maximum absolute atomic E-state index is 12.8. The van der Waals surface area contributed by atoms with Crippen molar-refractivity contribution >= 4 is 44.6 Å². The average Bonchev–Trinajstić information content (AvgIpc) is 2.84. The van der Waals surface area contributed by atoms with Crippen LogP contribution in [0.25, 0.3) is 0 Å². The van der Waals surface area contributed by atoms with Crippen molar-refractivity contribution in [3.8, 4) is 5.75 Å². The second-order valence-corrected chi connectivity index (χ2v) is 10.0. The van der Waals surface area contributed by atoms with Crippen molar-refractivity contribution in [3.05, 3.63) is 83.4 Å². The number of benzene rings is 3. The first-order chi connectivity index (χ1) is 17.2. The lowest BCUT2D eigenvalue weighted by molar-refractivity contribution is 0.0977. The van der Waals surface area contributed by atoms with Crippen molar-refractivity contribution in [2.24, 2.45) is 0 Å². The van der Waals surface area contributed by atoms with Gasteiger partial charge < -0.3 is 14.8 Å². The van der Waals surface area contributed by atoms with E-state index in [1.807, 2.05) is 32.9 Å². The zero-order valence-electron chi connectivity index (χ0n) is 20.3. The number of amides is 1. The van der Waals surface area contributed by atoms with E-state index in [0.717, 1.165) is 11.1 Å². The number of thiocarbonyl (C=S) groups is 1. The highest BCUT2D eigenvalue weighted by Crippen LogP contribution is 2.22. The van der Waals surface area contributed by atoms with Crippen molar-refractivity contribution in [2.45, 2.75) is 25.7 Å². The zero-order valence-corrected chi connectivity index (χ0v) is 22.0. The summed E-state index contributed by atoms with van der Waals surface area (Å²) in [6.07, 6.45) is 0. The molecule has 0 saturated carbocycles. The minimum atomic E-state index is -3.76. The minimum Gasteiger partial charge on any atom is -0.491 e. The number of sulfonamides is 1. The fraction of sp³-hybridized carbons (Fsp3) is 0.231. The Morgan fingerprint density at radius 1 is 0.944 bits per heavy atom. The van der Waals surface area contributed by atoms with Gasteiger partial charge in [-0.2, -0.15) is 0 Å². The van der Waals surface area contributed by atoms with Crippen molar-refractivity contribution in [1.82, 2.24) is 5.32 Å². The molecule has 0 saturated heterocycles. The van der Waals surface area contributed by atoms with Crippen LogP contribution in [0.3, 0.4) is 0 Å². The van der Waals surface area contributed by atoms with E-state index in [4.69, 9.17) is 21.7 Å². The number of nitrogens with one attached hydrogen (secondary N) is 3. The number of carbonyl (C=O) groups is 1. The maximum atomic E-state index is 12.8. The number of rotatable bonds is 10. The Morgan fingerprint density at radius 3 is 2.28 bits per heavy atom. The molecule has 36 heavy (non-hydrogen) atoms. The predicted molar refractivity (Wildman–Crippen MR) is 145 cm³/mol. The van der Waals surface area contributed by atoms with E-state index in [1.165, 1.54) is 12.1 Å². The third kappa shape index (κ3) is 7.77. The Hall–Kier alpha value is -3.47. The maximum Gasteiger partial charge on any atom is 0.261 e. The van der Waals surface area contributed by atoms with Gasteiger partial charge in [-0.05, 0) is 93.1 Å². The fourth-order valence-electron chi connectivity index (χ4n) is 3.25. The topological polar surface area (TPSA) is 106 Å². The molecular formula is C26H29N3O5S2. The third-order valence-corrected chi connectivity index (χ3v) is 6.68. The van der Waals surface area contributed by atoms with Crippen molar-refractivity contribution in [3.63, 3.8) is 0 Å². The molecule has 0 aromatic heterocycles. The molecule has 3 aromatic carbocycles. The molecule has 8 nitrogen and oxygen atoms in total. The summed E-state index contributed by atoms with van der Waals surface area (Å²) < 4.78 is 38.9. The molecule has 1 amide bonds. The number of carbonyl (C=O) groups excluding carboxylic acids is 1. The standard InChI is InChI=1S/C26H29N3O5S2/c1-4-33-15-16-34-22-10-6-20(7-11-22)25(30)28-26(35)27-21-8-12-23(13-9-21)36(31,32)29-24-14-5-18(2)17-19(24)3/h5-14,17,29H,4,15-16H2,1-3H3,(H2,27,28,30,35). The van der Waals surface area contributed by atoms with E-state index in [1.54, 1.807) is 42.5 Å². The second kappa shape index (κ2) is 12.5. The van der Waals surface area contributed by atoms with Crippen LogP contribution in [0.15, 0.2) is 71.6 Å². The summed E-state index contributed by atoms with van der Waals surface area (Å²) in [5, 5.41) is 5.57. The molecular weight excluding hydrogens is 498 g/mol. The van der Waals surface area contributed by atoms with Crippen LogP contribution in [-0.4, -0.2) is 39.3 Å². The molecule has 0 fully saturated rings. The number of hydrogen-bond donors (Lipinski definition) is 3. The van der Waals surface area contributed by atoms with Crippen LogP contribution in [0, 0.1) is 13.8 Å². The highest BCUT2D eigenvalue weighted by molar-refractivity contribution is 7.92. The van der Waals surface area contributed by atoms with Gasteiger partial charge in [0.25, 0.3) is 15.9 Å². The van der Waals surface area contributed by atoms with Crippen LogP contribution in [0.1, 0.15) is 28.4 Å². The molecule has 0 spiro atoms. The Bertz CT molecular complexity index is 1310. The van der Waals surface area contributed by atoms with Gasteiger partial charge in [-0.1, -0.05) is 17.7 Å². The Balaban J connectivity index is 1.54. The van der Waals surface area contributed by atoms with Gasteiger partial charge in [-0.15, -0.1) is 0 Å². The first-order valence-electron chi connectivity index (χ1n) is 11.3. The van der Waals surface area contributed by atoms with Crippen LogP contribution >= 0.6 is 12.2 Å². The monoisotopic (exact) mass is 527 g/mol. The average molecular weight is 528 g/mol. The molecule has 3 aromatic rings. The molecule has 0 heterocycles. The van der Waals surface area contributed by atoms with Gasteiger partial charge in [0.05, 0.1) is 17.2 Å². The fourth-order valence-corrected chi connectivity index (χ4v) is 4.59. The second-order valence-electron chi connectivity index (χ2n) is 7.93. The van der Waals surface area contributed by atoms with Gasteiger partial charge >= 0.3 is 0 Å². The van der Waals surface area contributed by atoms with Crippen LogP contribution in [0.5, 0.6) is 5.75 Å².